The predicted molar refractivity (Wildman–Crippen MR) is 107 cm³/mol. The van der Waals surface area contributed by atoms with Crippen molar-refractivity contribution in [3.05, 3.63) is 68.2 Å². The first-order chi connectivity index (χ1) is 13.3. The zero-order chi connectivity index (χ0) is 20.5. The number of nitro groups is 1. The molecule has 0 radical (unpaired) electrons. The van der Waals surface area contributed by atoms with Crippen LogP contribution in [-0.4, -0.2) is 28.3 Å². The number of Topliss-reactive ketones (excluding diaryl/α,β-unsaturated/α-hetero) is 1. The summed E-state index contributed by atoms with van der Waals surface area (Å²) >= 11 is 3.34. The molecule has 8 heteroatoms. The maximum Gasteiger partial charge on any atom is 0.280 e. The van der Waals surface area contributed by atoms with Gasteiger partial charge in [0.05, 0.1) is 22.6 Å². The summed E-state index contributed by atoms with van der Waals surface area (Å²) in [5.41, 5.74) is -1.65. The van der Waals surface area contributed by atoms with Crippen LogP contribution in [0.1, 0.15) is 42.1 Å². The van der Waals surface area contributed by atoms with E-state index in [2.05, 4.69) is 15.9 Å². The molecule has 1 heterocycles. The van der Waals surface area contributed by atoms with E-state index in [4.69, 9.17) is 0 Å². The maximum atomic E-state index is 13.1. The molecule has 28 heavy (non-hydrogen) atoms. The zero-order valence-corrected chi connectivity index (χ0v) is 16.8. The smallest absolute Gasteiger partial charge is 0.280 e. The molecule has 2 aromatic rings. The second-order valence-corrected chi connectivity index (χ2v) is 7.62. The number of para-hydroxylation sites is 1. The number of carbonyl (C=O) groups is 2. The molecule has 0 fully saturated rings. The van der Waals surface area contributed by atoms with E-state index in [-0.39, 0.29) is 11.3 Å². The molecule has 2 aromatic carbocycles. The number of rotatable bonds is 7. The summed E-state index contributed by atoms with van der Waals surface area (Å²) in [6.45, 7) is 2.42. The molecule has 1 atom stereocenters. The average molecular weight is 447 g/mol. The predicted octanol–water partition coefficient (Wildman–Crippen LogP) is 3.96. The van der Waals surface area contributed by atoms with Crippen molar-refractivity contribution in [2.24, 2.45) is 0 Å². The van der Waals surface area contributed by atoms with Crippen molar-refractivity contribution in [1.29, 1.82) is 0 Å². The summed E-state index contributed by atoms with van der Waals surface area (Å²) in [7, 11) is 0. The normalized spacial score (nSPS) is 18.2. The number of fused-ring (bicyclic) bond motifs is 1. The molecule has 3 rings (SSSR count). The number of amides is 1. The van der Waals surface area contributed by atoms with Crippen molar-refractivity contribution in [1.82, 2.24) is 0 Å². The molecule has 146 valence electrons. The van der Waals surface area contributed by atoms with Crippen LogP contribution in [0.3, 0.4) is 0 Å². The van der Waals surface area contributed by atoms with Gasteiger partial charge in [-0.25, -0.2) is 0 Å². The highest BCUT2D eigenvalue weighted by Crippen LogP contribution is 2.44. The van der Waals surface area contributed by atoms with Gasteiger partial charge in [-0.15, -0.1) is 0 Å². The van der Waals surface area contributed by atoms with Crippen molar-refractivity contribution in [2.45, 2.75) is 31.8 Å². The Labute approximate surface area is 170 Å². The van der Waals surface area contributed by atoms with Crippen LogP contribution in [0.4, 0.5) is 11.4 Å². The molecule has 0 bridgehead atoms. The van der Waals surface area contributed by atoms with Gasteiger partial charge in [-0.05, 0) is 30.7 Å². The quantitative estimate of drug-likeness (QED) is 0.393. The highest BCUT2D eigenvalue weighted by molar-refractivity contribution is 9.10. The Balaban J connectivity index is 2.01. The van der Waals surface area contributed by atoms with Crippen LogP contribution in [0.25, 0.3) is 0 Å². The number of benzene rings is 2. The molecule has 0 spiro atoms. The highest BCUT2D eigenvalue weighted by atomic mass is 79.9. The molecular weight excluding hydrogens is 428 g/mol. The minimum Gasteiger partial charge on any atom is -0.375 e. The van der Waals surface area contributed by atoms with E-state index in [1.54, 1.807) is 18.2 Å². The molecule has 1 aliphatic rings. The molecule has 0 unspecified atom stereocenters. The summed E-state index contributed by atoms with van der Waals surface area (Å²) in [6, 6.07) is 10.6. The Morgan fingerprint density at radius 3 is 2.68 bits per heavy atom. The van der Waals surface area contributed by atoms with Crippen LogP contribution in [0, 0.1) is 10.1 Å². The number of aliphatic hydroxyl groups is 1. The second kappa shape index (κ2) is 7.81. The third-order valence-electron chi connectivity index (χ3n) is 4.85. The van der Waals surface area contributed by atoms with Gasteiger partial charge >= 0.3 is 0 Å². The van der Waals surface area contributed by atoms with E-state index in [0.29, 0.717) is 22.3 Å². The van der Waals surface area contributed by atoms with Gasteiger partial charge in [0.2, 0.25) is 0 Å². The monoisotopic (exact) mass is 446 g/mol. The van der Waals surface area contributed by atoms with Gasteiger partial charge in [-0.2, -0.15) is 0 Å². The van der Waals surface area contributed by atoms with Crippen LogP contribution in [0.15, 0.2) is 46.9 Å². The molecule has 0 aromatic heterocycles. The minimum absolute atomic E-state index is 0.128. The number of halogens is 1. The molecule has 1 aliphatic heterocycles. The van der Waals surface area contributed by atoms with E-state index in [1.807, 2.05) is 6.92 Å². The Kier molecular flexibility index (Phi) is 5.62. The van der Waals surface area contributed by atoms with Gasteiger partial charge in [0.15, 0.2) is 11.4 Å². The third-order valence-corrected chi connectivity index (χ3v) is 5.34. The summed E-state index contributed by atoms with van der Waals surface area (Å²) in [5.74, 6) is -1.24. The van der Waals surface area contributed by atoms with Gasteiger partial charge in [0.25, 0.3) is 11.6 Å². The number of anilines is 1. The number of carbonyl (C=O) groups excluding carboxylic acids is 2. The van der Waals surface area contributed by atoms with Crippen LogP contribution >= 0.6 is 15.9 Å². The number of hydrogen-bond acceptors (Lipinski definition) is 5. The molecule has 0 saturated heterocycles. The first-order valence-corrected chi connectivity index (χ1v) is 9.70. The fourth-order valence-corrected chi connectivity index (χ4v) is 3.79. The van der Waals surface area contributed by atoms with E-state index in [0.717, 1.165) is 12.8 Å². The van der Waals surface area contributed by atoms with Crippen molar-refractivity contribution in [3.8, 4) is 0 Å². The summed E-state index contributed by atoms with van der Waals surface area (Å²) in [5, 5.41) is 22.5. The van der Waals surface area contributed by atoms with Gasteiger partial charge in [-0.1, -0.05) is 41.4 Å². The van der Waals surface area contributed by atoms with Crippen molar-refractivity contribution >= 4 is 39.0 Å². The number of unbranched alkanes of at least 4 members (excludes halogenated alkanes) is 1. The van der Waals surface area contributed by atoms with Crippen molar-refractivity contribution in [2.75, 3.05) is 11.4 Å². The Morgan fingerprint density at radius 2 is 2.00 bits per heavy atom. The first-order valence-electron chi connectivity index (χ1n) is 8.90. The first kappa shape index (κ1) is 20.2. The summed E-state index contributed by atoms with van der Waals surface area (Å²) < 4.78 is 0.660. The summed E-state index contributed by atoms with van der Waals surface area (Å²) in [4.78, 5) is 38.0. The lowest BCUT2D eigenvalue weighted by molar-refractivity contribution is -0.385. The lowest BCUT2D eigenvalue weighted by Gasteiger charge is -2.22. The number of nitro benzene ring substituents is 1. The van der Waals surface area contributed by atoms with E-state index in [9.17, 15) is 24.8 Å². The molecule has 0 saturated carbocycles. The molecule has 1 amide bonds. The lowest BCUT2D eigenvalue weighted by atomic mass is 9.88. The number of ketones is 1. The number of hydrogen-bond donors (Lipinski definition) is 1. The van der Waals surface area contributed by atoms with E-state index in [1.165, 1.54) is 29.2 Å². The van der Waals surface area contributed by atoms with Crippen LogP contribution in [0.2, 0.25) is 0 Å². The SMILES string of the molecule is CCCCN1C(=O)[C@@](O)(CC(=O)c2ccccc2[N+](=O)[O-])c2cc(Br)ccc21. The second-order valence-electron chi connectivity index (χ2n) is 6.71. The van der Waals surface area contributed by atoms with Crippen molar-refractivity contribution in [3.63, 3.8) is 0 Å². The Hall–Kier alpha value is -2.58. The fourth-order valence-electron chi connectivity index (χ4n) is 3.43. The Bertz CT molecular complexity index is 961. The topological polar surface area (TPSA) is 101 Å². The van der Waals surface area contributed by atoms with Gasteiger partial charge in [0.1, 0.15) is 0 Å². The molecule has 7 nitrogen and oxygen atoms in total. The molecule has 0 aliphatic carbocycles. The standard InChI is InChI=1S/C20H19BrN2O5/c1-2-3-10-22-17-9-8-13(21)11-15(17)20(26,19(22)25)12-18(24)14-6-4-5-7-16(14)23(27)28/h4-9,11,26H,2-3,10,12H2,1H3/t20-/m1/s1. The van der Waals surface area contributed by atoms with Gasteiger partial charge < -0.3 is 10.0 Å². The summed E-state index contributed by atoms with van der Waals surface area (Å²) in [6.07, 6.45) is 1.04. The minimum atomic E-state index is -2.06. The van der Waals surface area contributed by atoms with E-state index < -0.39 is 28.6 Å². The zero-order valence-electron chi connectivity index (χ0n) is 15.2. The van der Waals surface area contributed by atoms with Crippen molar-refractivity contribution < 1.29 is 19.6 Å². The molecular formula is C20H19BrN2O5. The maximum absolute atomic E-state index is 13.1. The van der Waals surface area contributed by atoms with Crippen LogP contribution < -0.4 is 4.90 Å². The lowest BCUT2D eigenvalue weighted by Crippen LogP contribution is -2.42. The molecule has 1 N–H and O–H groups in total. The third kappa shape index (κ3) is 3.45. The van der Waals surface area contributed by atoms with Gasteiger partial charge in [-0.3, -0.25) is 19.7 Å². The number of nitrogens with zero attached hydrogens (tertiary/aromatic N) is 2. The van der Waals surface area contributed by atoms with Crippen LogP contribution in [-0.2, 0) is 10.4 Å². The fraction of sp³-hybridized carbons (Fsp3) is 0.300. The average Bonchev–Trinajstić information content (AvgIpc) is 2.87. The largest absolute Gasteiger partial charge is 0.375 e. The van der Waals surface area contributed by atoms with Gasteiger partial charge in [0, 0.05) is 22.6 Å². The van der Waals surface area contributed by atoms with E-state index >= 15 is 0 Å². The van der Waals surface area contributed by atoms with Crippen LogP contribution in [0.5, 0.6) is 0 Å². The Morgan fingerprint density at radius 1 is 1.29 bits per heavy atom. The highest BCUT2D eigenvalue weighted by Gasteiger charge is 2.51.